The molecule has 0 atom stereocenters. The fourth-order valence-corrected chi connectivity index (χ4v) is 4.18. The first-order chi connectivity index (χ1) is 19.4. The van der Waals surface area contributed by atoms with Gasteiger partial charge in [0.2, 0.25) is 11.9 Å². The minimum absolute atomic E-state index is 0.0317. The summed E-state index contributed by atoms with van der Waals surface area (Å²) in [4.78, 5) is 35.3. The Morgan fingerprint density at radius 2 is 1.76 bits per heavy atom. The molecule has 2 heterocycles. The summed E-state index contributed by atoms with van der Waals surface area (Å²) < 4.78 is 46.9. The van der Waals surface area contributed by atoms with E-state index < -0.39 is 23.5 Å². The van der Waals surface area contributed by atoms with Crippen LogP contribution in [0.2, 0.25) is 0 Å². The van der Waals surface area contributed by atoms with Gasteiger partial charge in [0.15, 0.2) is 0 Å². The van der Waals surface area contributed by atoms with Gasteiger partial charge in [-0.25, -0.2) is 4.98 Å². The van der Waals surface area contributed by atoms with Crippen molar-refractivity contribution in [3.8, 4) is 5.75 Å². The third-order valence-electron chi connectivity index (χ3n) is 6.25. The number of methoxy groups -OCH3 is 1. The molecule has 0 spiro atoms. The second kappa shape index (κ2) is 12.3. The van der Waals surface area contributed by atoms with Crippen molar-refractivity contribution in [1.29, 1.82) is 0 Å². The molecule has 3 N–H and O–H groups in total. The highest BCUT2D eigenvalue weighted by Gasteiger charge is 2.35. The molecule has 3 aromatic rings. The molecule has 2 amide bonds. The number of hydrogen-bond donors (Lipinski definition) is 3. The van der Waals surface area contributed by atoms with E-state index in [9.17, 15) is 22.8 Å². The molecule has 1 aliphatic heterocycles. The summed E-state index contributed by atoms with van der Waals surface area (Å²) in [6, 6.07) is 11.4. The zero-order chi connectivity index (χ0) is 29.7. The topological polar surface area (TPSA) is 112 Å². The Balaban J connectivity index is 1.57. The zero-order valence-electron chi connectivity index (χ0n) is 22.2. The number of anilines is 6. The number of carbonyl (C=O) groups excluding carboxylic acids is 2. The molecule has 2 aromatic carbocycles. The highest BCUT2D eigenvalue weighted by atomic mass is 35.5. The highest BCUT2D eigenvalue weighted by Crippen LogP contribution is 2.37. The Labute approximate surface area is 239 Å². The lowest BCUT2D eigenvalue weighted by Gasteiger charge is -2.35. The summed E-state index contributed by atoms with van der Waals surface area (Å²) in [5.74, 6) is -0.793. The number of ether oxygens (including phenoxy) is 1. The Bertz CT molecular complexity index is 1460. The normalized spacial score (nSPS) is 13.4. The van der Waals surface area contributed by atoms with Crippen LogP contribution >= 0.6 is 11.6 Å². The van der Waals surface area contributed by atoms with Crippen molar-refractivity contribution in [3.63, 3.8) is 0 Å². The van der Waals surface area contributed by atoms with Crippen LogP contribution in [0.1, 0.15) is 12.5 Å². The minimum atomic E-state index is -4.74. The van der Waals surface area contributed by atoms with Gasteiger partial charge in [-0.1, -0.05) is 24.2 Å². The molecule has 216 valence electrons. The molecule has 4 rings (SSSR count). The number of halogens is 4. The SMILES string of the molecule is C=C(Cl)C(=O)Nc1cccc(Nc2nc(Nc3ccc(N4CCN(C(C)=O)CC4)cc3OC)ncc2C(F)(F)F)c1. The van der Waals surface area contributed by atoms with Crippen LogP contribution in [0.4, 0.5) is 47.7 Å². The maximum atomic E-state index is 13.8. The molecule has 0 aliphatic carbocycles. The average Bonchev–Trinajstić information content (AvgIpc) is 2.93. The summed E-state index contributed by atoms with van der Waals surface area (Å²) in [6.07, 6.45) is -4.06. The number of piperazine rings is 1. The summed E-state index contributed by atoms with van der Waals surface area (Å²) in [5, 5.41) is 7.83. The van der Waals surface area contributed by atoms with Crippen molar-refractivity contribution in [2.24, 2.45) is 0 Å². The molecule has 0 bridgehead atoms. The Kier molecular flexibility index (Phi) is 8.86. The van der Waals surface area contributed by atoms with Crippen LogP contribution in [0.25, 0.3) is 0 Å². The van der Waals surface area contributed by atoms with Crippen LogP contribution in [0, 0.1) is 0 Å². The molecule has 14 heteroatoms. The van der Waals surface area contributed by atoms with Crippen LogP contribution < -0.4 is 25.6 Å². The summed E-state index contributed by atoms with van der Waals surface area (Å²) in [7, 11) is 1.48. The molecule has 1 aliphatic rings. The highest BCUT2D eigenvalue weighted by molar-refractivity contribution is 6.43. The quantitative estimate of drug-likeness (QED) is 0.302. The number of aromatic nitrogens is 2. The first kappa shape index (κ1) is 29.5. The number of nitrogens with zero attached hydrogens (tertiary/aromatic N) is 4. The Morgan fingerprint density at radius 3 is 2.39 bits per heavy atom. The number of rotatable bonds is 8. The van der Waals surface area contributed by atoms with Gasteiger partial charge < -0.3 is 30.5 Å². The van der Waals surface area contributed by atoms with Gasteiger partial charge in [-0.2, -0.15) is 18.2 Å². The maximum absolute atomic E-state index is 13.8. The van der Waals surface area contributed by atoms with E-state index in [4.69, 9.17) is 16.3 Å². The third-order valence-corrected chi connectivity index (χ3v) is 6.42. The molecular weight excluding hydrogens is 563 g/mol. The van der Waals surface area contributed by atoms with E-state index in [0.29, 0.717) is 43.8 Å². The van der Waals surface area contributed by atoms with Crippen molar-refractivity contribution in [3.05, 3.63) is 65.8 Å². The second-order valence-corrected chi connectivity index (χ2v) is 9.48. The van der Waals surface area contributed by atoms with Crippen molar-refractivity contribution in [1.82, 2.24) is 14.9 Å². The van der Waals surface area contributed by atoms with Gasteiger partial charge in [0.05, 0.1) is 17.8 Å². The molecule has 0 unspecified atom stereocenters. The van der Waals surface area contributed by atoms with Crippen LogP contribution in [-0.2, 0) is 15.8 Å². The lowest BCUT2D eigenvalue weighted by atomic mass is 10.2. The van der Waals surface area contributed by atoms with Crippen molar-refractivity contribution >= 4 is 57.9 Å². The van der Waals surface area contributed by atoms with E-state index >= 15 is 0 Å². The van der Waals surface area contributed by atoms with E-state index in [1.165, 1.54) is 25.3 Å². The van der Waals surface area contributed by atoms with Crippen LogP contribution in [0.15, 0.2) is 60.3 Å². The van der Waals surface area contributed by atoms with E-state index in [1.54, 1.807) is 30.0 Å². The molecule has 1 saturated heterocycles. The van der Waals surface area contributed by atoms with Gasteiger partial charge >= 0.3 is 6.18 Å². The monoisotopic (exact) mass is 589 g/mol. The molecule has 10 nitrogen and oxygen atoms in total. The van der Waals surface area contributed by atoms with E-state index in [2.05, 4.69) is 37.4 Å². The smallest absolute Gasteiger partial charge is 0.421 e. The Morgan fingerprint density at radius 1 is 1.05 bits per heavy atom. The van der Waals surface area contributed by atoms with Gasteiger partial charge in [-0.3, -0.25) is 9.59 Å². The molecule has 1 aromatic heterocycles. The molecule has 0 saturated carbocycles. The van der Waals surface area contributed by atoms with Gasteiger partial charge in [0.1, 0.15) is 17.1 Å². The fourth-order valence-electron chi connectivity index (χ4n) is 4.13. The first-order valence-electron chi connectivity index (χ1n) is 12.4. The van der Waals surface area contributed by atoms with Crippen LogP contribution in [-0.4, -0.2) is 60.0 Å². The minimum Gasteiger partial charge on any atom is -0.494 e. The van der Waals surface area contributed by atoms with Crippen molar-refractivity contribution in [2.75, 3.05) is 54.1 Å². The van der Waals surface area contributed by atoms with E-state index in [-0.39, 0.29) is 28.3 Å². The fraction of sp³-hybridized carbons (Fsp3) is 0.259. The second-order valence-electron chi connectivity index (χ2n) is 9.02. The van der Waals surface area contributed by atoms with Gasteiger partial charge in [0, 0.05) is 62.4 Å². The Hall–Kier alpha value is -4.52. The number of carbonyl (C=O) groups is 2. The third kappa shape index (κ3) is 7.37. The number of amides is 2. The maximum Gasteiger partial charge on any atom is 0.421 e. The number of hydrogen-bond acceptors (Lipinski definition) is 8. The lowest BCUT2D eigenvalue weighted by molar-refractivity contribution is -0.137. The van der Waals surface area contributed by atoms with Crippen molar-refractivity contribution < 1.29 is 27.5 Å². The zero-order valence-corrected chi connectivity index (χ0v) is 22.9. The predicted octanol–water partition coefficient (Wildman–Crippen LogP) is 5.35. The van der Waals surface area contributed by atoms with Gasteiger partial charge in [0.25, 0.3) is 5.91 Å². The first-order valence-corrected chi connectivity index (χ1v) is 12.7. The number of benzene rings is 2. The average molecular weight is 590 g/mol. The summed E-state index contributed by atoms with van der Waals surface area (Å²) >= 11 is 5.59. The largest absolute Gasteiger partial charge is 0.494 e. The molecular formula is C27H27ClF3N7O3. The van der Waals surface area contributed by atoms with Crippen LogP contribution in [0.5, 0.6) is 5.75 Å². The standard InChI is InChI=1S/C27H27ClF3N7O3/c1-16(28)25(40)34-19-6-4-5-18(13-19)33-24-21(27(29,30)31)15-32-26(36-24)35-22-8-7-20(14-23(22)41-3)38-11-9-37(10-12-38)17(2)39/h4-8,13-15H,1,9-12H2,2-3H3,(H,34,40)(H2,32,33,35,36). The van der Waals surface area contributed by atoms with Gasteiger partial charge in [-0.05, 0) is 30.3 Å². The number of alkyl halides is 3. The van der Waals surface area contributed by atoms with E-state index in [1.807, 2.05) is 6.07 Å². The molecule has 1 fully saturated rings. The van der Waals surface area contributed by atoms with Gasteiger partial charge in [-0.15, -0.1) is 0 Å². The molecule has 0 radical (unpaired) electrons. The predicted molar refractivity (Wildman–Crippen MR) is 151 cm³/mol. The van der Waals surface area contributed by atoms with Crippen molar-refractivity contribution in [2.45, 2.75) is 13.1 Å². The summed E-state index contributed by atoms with van der Waals surface area (Å²) in [6.45, 7) is 7.38. The number of nitrogens with one attached hydrogen (secondary N) is 3. The van der Waals surface area contributed by atoms with Crippen LogP contribution in [0.3, 0.4) is 0 Å². The molecule has 41 heavy (non-hydrogen) atoms. The lowest BCUT2D eigenvalue weighted by Crippen LogP contribution is -2.48. The summed E-state index contributed by atoms with van der Waals surface area (Å²) in [5.41, 5.74) is 0.741. The van der Waals surface area contributed by atoms with E-state index in [0.717, 1.165) is 5.69 Å².